The molecule has 3 N–H and O–H groups in total. The standard InChI is InChI=1S/C32H43N3O4/c1-23-7-6-18-35(22-23)19-17-32(37)15-12-25(13-16-32)33-31(36)28-21-26-27(34-28)9-5-11-30(26)39-20-14-24-8-3-4-10-29(24)38-2/h3-5,8-11,21,23,25,34,37H,6-7,12-20,22H2,1-2H3,(H,33,36)/t23-,25?,32?/m1/s1. The number of hydrogen-bond acceptors (Lipinski definition) is 5. The first kappa shape index (κ1) is 27.5. The molecule has 1 saturated carbocycles. The highest BCUT2D eigenvalue weighted by atomic mass is 16.5. The Hall–Kier alpha value is -3.03. The highest BCUT2D eigenvalue weighted by molar-refractivity contribution is 5.99. The molecule has 210 valence electrons. The third-order valence-corrected chi connectivity index (χ3v) is 8.58. The van der Waals surface area contributed by atoms with E-state index in [1.54, 1.807) is 7.11 Å². The number of aromatic nitrogens is 1. The van der Waals surface area contributed by atoms with Gasteiger partial charge >= 0.3 is 0 Å². The Balaban J connectivity index is 1.13. The summed E-state index contributed by atoms with van der Waals surface area (Å²) in [5, 5.41) is 15.3. The smallest absolute Gasteiger partial charge is 0.267 e. The number of nitrogens with one attached hydrogen (secondary N) is 2. The monoisotopic (exact) mass is 533 g/mol. The number of para-hydroxylation sites is 1. The zero-order valence-electron chi connectivity index (χ0n) is 23.4. The summed E-state index contributed by atoms with van der Waals surface area (Å²) < 4.78 is 11.6. The van der Waals surface area contributed by atoms with Gasteiger partial charge in [0.15, 0.2) is 0 Å². The largest absolute Gasteiger partial charge is 0.496 e. The van der Waals surface area contributed by atoms with Crippen molar-refractivity contribution in [3.05, 3.63) is 59.8 Å². The Bertz CT molecular complexity index is 1250. The van der Waals surface area contributed by atoms with Gasteiger partial charge in [0.25, 0.3) is 5.91 Å². The Morgan fingerprint density at radius 3 is 2.72 bits per heavy atom. The fraction of sp³-hybridized carbons (Fsp3) is 0.531. The van der Waals surface area contributed by atoms with Gasteiger partial charge in [0.05, 0.1) is 19.3 Å². The number of rotatable bonds is 10. The molecule has 1 amide bonds. The lowest BCUT2D eigenvalue weighted by Crippen LogP contribution is -2.45. The molecule has 3 aromatic rings. The van der Waals surface area contributed by atoms with Crippen molar-refractivity contribution in [2.45, 2.75) is 69.9 Å². The van der Waals surface area contributed by atoms with E-state index in [1.165, 1.54) is 12.8 Å². The van der Waals surface area contributed by atoms with Crippen LogP contribution in [0.1, 0.15) is 67.9 Å². The van der Waals surface area contributed by atoms with Crippen molar-refractivity contribution in [1.29, 1.82) is 0 Å². The number of likely N-dealkylation sites (tertiary alicyclic amines) is 1. The number of hydrogen-bond donors (Lipinski definition) is 3. The molecule has 1 aliphatic heterocycles. The van der Waals surface area contributed by atoms with Crippen LogP contribution in [0.15, 0.2) is 48.5 Å². The lowest BCUT2D eigenvalue weighted by Gasteiger charge is -2.39. The van der Waals surface area contributed by atoms with Crippen LogP contribution in [-0.2, 0) is 6.42 Å². The van der Waals surface area contributed by atoms with E-state index in [0.717, 1.165) is 92.0 Å². The molecule has 2 aromatic carbocycles. The van der Waals surface area contributed by atoms with E-state index in [0.29, 0.717) is 12.3 Å². The van der Waals surface area contributed by atoms with Gasteiger partial charge in [-0.3, -0.25) is 4.79 Å². The number of carbonyl (C=O) groups excluding carboxylic acids is 1. The number of amides is 1. The second-order valence-electron chi connectivity index (χ2n) is 11.6. The number of ether oxygens (including phenoxy) is 2. The average molecular weight is 534 g/mol. The molecule has 7 heteroatoms. The molecule has 2 aliphatic rings. The minimum absolute atomic E-state index is 0.0794. The van der Waals surface area contributed by atoms with Crippen LogP contribution in [0.25, 0.3) is 10.9 Å². The van der Waals surface area contributed by atoms with Crippen LogP contribution in [-0.4, -0.2) is 65.9 Å². The number of aromatic amines is 1. The molecule has 7 nitrogen and oxygen atoms in total. The van der Waals surface area contributed by atoms with Crippen molar-refractivity contribution in [3.8, 4) is 11.5 Å². The van der Waals surface area contributed by atoms with Gasteiger partial charge in [-0.1, -0.05) is 31.2 Å². The quantitative estimate of drug-likeness (QED) is 0.328. The van der Waals surface area contributed by atoms with Gasteiger partial charge in [-0.15, -0.1) is 0 Å². The van der Waals surface area contributed by atoms with E-state index >= 15 is 0 Å². The van der Waals surface area contributed by atoms with Gasteiger partial charge < -0.3 is 29.8 Å². The molecule has 0 radical (unpaired) electrons. The van der Waals surface area contributed by atoms with E-state index in [9.17, 15) is 9.90 Å². The fourth-order valence-corrected chi connectivity index (χ4v) is 6.22. The zero-order chi connectivity index (χ0) is 27.2. The molecule has 1 saturated heterocycles. The van der Waals surface area contributed by atoms with Crippen LogP contribution in [0.2, 0.25) is 0 Å². The maximum atomic E-state index is 13.1. The van der Waals surface area contributed by atoms with Crippen LogP contribution in [0.3, 0.4) is 0 Å². The lowest BCUT2D eigenvalue weighted by atomic mass is 9.80. The SMILES string of the molecule is COc1ccccc1CCOc1cccc2[nH]c(C(=O)NC3CCC(O)(CCN4CCC[C@@H](C)C4)CC3)cc12. The van der Waals surface area contributed by atoms with Crippen molar-refractivity contribution in [1.82, 2.24) is 15.2 Å². The molecule has 0 bridgehead atoms. The summed E-state index contributed by atoms with van der Waals surface area (Å²) in [7, 11) is 1.68. The number of aliphatic hydroxyl groups is 1. The lowest BCUT2D eigenvalue weighted by molar-refractivity contribution is -0.0201. The first-order valence-electron chi connectivity index (χ1n) is 14.5. The summed E-state index contributed by atoms with van der Waals surface area (Å²) in [5.41, 5.74) is 1.89. The minimum atomic E-state index is -0.612. The summed E-state index contributed by atoms with van der Waals surface area (Å²) in [6, 6.07) is 15.7. The van der Waals surface area contributed by atoms with Crippen molar-refractivity contribution in [2.24, 2.45) is 5.92 Å². The molecule has 1 atom stereocenters. The maximum absolute atomic E-state index is 13.1. The number of piperidine rings is 1. The summed E-state index contributed by atoms with van der Waals surface area (Å²) >= 11 is 0. The Kier molecular flexibility index (Phi) is 8.78. The summed E-state index contributed by atoms with van der Waals surface area (Å²) in [6.45, 7) is 6.09. The Labute approximate surface area is 231 Å². The van der Waals surface area contributed by atoms with Crippen molar-refractivity contribution in [3.63, 3.8) is 0 Å². The number of methoxy groups -OCH3 is 1. The van der Waals surface area contributed by atoms with E-state index in [-0.39, 0.29) is 11.9 Å². The summed E-state index contributed by atoms with van der Waals surface area (Å²) in [5.74, 6) is 2.26. The normalized spacial score (nSPS) is 24.0. The van der Waals surface area contributed by atoms with Crippen LogP contribution >= 0.6 is 0 Å². The highest BCUT2D eigenvalue weighted by Crippen LogP contribution is 2.33. The zero-order valence-corrected chi connectivity index (χ0v) is 23.4. The van der Waals surface area contributed by atoms with Gasteiger partial charge in [0.1, 0.15) is 17.2 Å². The third-order valence-electron chi connectivity index (χ3n) is 8.58. The van der Waals surface area contributed by atoms with E-state index < -0.39 is 5.60 Å². The molecule has 5 rings (SSSR count). The first-order chi connectivity index (χ1) is 18.9. The van der Waals surface area contributed by atoms with Crippen LogP contribution in [0, 0.1) is 5.92 Å². The van der Waals surface area contributed by atoms with E-state index in [2.05, 4.69) is 22.1 Å². The maximum Gasteiger partial charge on any atom is 0.267 e. The van der Waals surface area contributed by atoms with Crippen LogP contribution < -0.4 is 14.8 Å². The number of carbonyl (C=O) groups is 1. The van der Waals surface area contributed by atoms with Gasteiger partial charge in [-0.2, -0.15) is 0 Å². The molecule has 39 heavy (non-hydrogen) atoms. The number of benzene rings is 2. The molecule has 2 fully saturated rings. The average Bonchev–Trinajstić information content (AvgIpc) is 3.39. The summed E-state index contributed by atoms with van der Waals surface area (Å²) in [4.78, 5) is 18.9. The van der Waals surface area contributed by atoms with E-state index in [1.807, 2.05) is 48.5 Å². The molecular formula is C32H43N3O4. The van der Waals surface area contributed by atoms with Gasteiger partial charge in [0, 0.05) is 36.5 Å². The molecule has 1 aliphatic carbocycles. The highest BCUT2D eigenvalue weighted by Gasteiger charge is 2.34. The van der Waals surface area contributed by atoms with Gasteiger partial charge in [-0.05, 0) is 87.2 Å². The molecule has 0 spiro atoms. The Morgan fingerprint density at radius 2 is 1.92 bits per heavy atom. The number of H-pyrrole nitrogens is 1. The summed E-state index contributed by atoms with van der Waals surface area (Å²) in [6.07, 6.45) is 7.20. The van der Waals surface area contributed by atoms with Crippen molar-refractivity contribution >= 4 is 16.8 Å². The molecule has 1 aromatic heterocycles. The van der Waals surface area contributed by atoms with Gasteiger partial charge in [-0.25, -0.2) is 0 Å². The van der Waals surface area contributed by atoms with Crippen LogP contribution in [0.5, 0.6) is 11.5 Å². The number of nitrogens with zero attached hydrogens (tertiary/aromatic N) is 1. The predicted octanol–water partition coefficient (Wildman–Crippen LogP) is 5.32. The number of fused-ring (bicyclic) bond motifs is 1. The topological polar surface area (TPSA) is 86.8 Å². The predicted molar refractivity (Wildman–Crippen MR) is 155 cm³/mol. The molecule has 0 unspecified atom stereocenters. The second kappa shape index (κ2) is 12.4. The second-order valence-corrected chi connectivity index (χ2v) is 11.6. The van der Waals surface area contributed by atoms with Gasteiger partial charge in [0.2, 0.25) is 0 Å². The first-order valence-corrected chi connectivity index (χ1v) is 14.5. The van der Waals surface area contributed by atoms with Crippen molar-refractivity contribution < 1.29 is 19.4 Å². The minimum Gasteiger partial charge on any atom is -0.496 e. The van der Waals surface area contributed by atoms with Crippen LogP contribution in [0.4, 0.5) is 0 Å². The molecular weight excluding hydrogens is 490 g/mol. The Morgan fingerprint density at radius 1 is 1.13 bits per heavy atom. The van der Waals surface area contributed by atoms with Crippen molar-refractivity contribution in [2.75, 3.05) is 33.4 Å². The van der Waals surface area contributed by atoms with E-state index in [4.69, 9.17) is 9.47 Å². The third kappa shape index (κ3) is 6.95. The molecule has 2 heterocycles. The fourth-order valence-electron chi connectivity index (χ4n) is 6.22.